The fourth-order valence-corrected chi connectivity index (χ4v) is 3.97. The van der Waals surface area contributed by atoms with Crippen LogP contribution in [0.5, 0.6) is 0 Å². The second-order valence-electron chi connectivity index (χ2n) is 7.67. The molecule has 3 aromatic rings. The Balaban J connectivity index is 1.33. The number of benzene rings is 3. The first kappa shape index (κ1) is 21.8. The third-order valence-electron chi connectivity index (χ3n) is 5.50. The predicted molar refractivity (Wildman–Crippen MR) is 126 cm³/mol. The Kier molecular flexibility index (Phi) is 6.68. The summed E-state index contributed by atoms with van der Waals surface area (Å²) in [5.74, 6) is -0.138. The topological polar surface area (TPSA) is 78.7 Å². The number of carbonyl (C=O) groups excluding carboxylic acids is 1. The average molecular weight is 451 g/mol. The van der Waals surface area contributed by atoms with Crippen LogP contribution in [0.25, 0.3) is 0 Å². The van der Waals surface area contributed by atoms with Crippen molar-refractivity contribution in [3.8, 4) is 0 Å². The summed E-state index contributed by atoms with van der Waals surface area (Å²) < 4.78 is 0. The molecule has 0 aliphatic carbocycles. The Labute approximate surface area is 191 Å². The van der Waals surface area contributed by atoms with E-state index in [2.05, 4.69) is 10.2 Å². The summed E-state index contributed by atoms with van der Waals surface area (Å²) in [4.78, 5) is 27.7. The fraction of sp³-hybridized carbons (Fsp3) is 0.208. The molecule has 164 valence electrons. The quantitative estimate of drug-likeness (QED) is 0.430. The summed E-state index contributed by atoms with van der Waals surface area (Å²) >= 11 is 5.93. The van der Waals surface area contributed by atoms with Gasteiger partial charge in [0.2, 0.25) is 0 Å². The highest BCUT2D eigenvalue weighted by atomic mass is 35.5. The van der Waals surface area contributed by atoms with Gasteiger partial charge in [0.15, 0.2) is 0 Å². The molecule has 0 atom stereocenters. The number of nitrogens with one attached hydrogen (secondary N) is 1. The van der Waals surface area contributed by atoms with Crippen molar-refractivity contribution in [3.63, 3.8) is 0 Å². The molecule has 1 N–H and O–H groups in total. The molecule has 0 unspecified atom stereocenters. The molecular formula is C24H23ClN4O3. The van der Waals surface area contributed by atoms with Gasteiger partial charge in [0.25, 0.3) is 11.6 Å². The van der Waals surface area contributed by atoms with Crippen molar-refractivity contribution < 1.29 is 9.72 Å². The largest absolute Gasteiger partial charge is 0.363 e. The number of nitro groups is 1. The highest BCUT2D eigenvalue weighted by Crippen LogP contribution is 2.31. The molecule has 1 heterocycles. The number of rotatable bonds is 6. The van der Waals surface area contributed by atoms with Gasteiger partial charge in [-0.2, -0.15) is 0 Å². The molecule has 1 aliphatic heterocycles. The summed E-state index contributed by atoms with van der Waals surface area (Å²) in [6, 6.07) is 21.8. The van der Waals surface area contributed by atoms with Crippen LogP contribution in [0.15, 0.2) is 72.8 Å². The molecule has 1 fully saturated rings. The number of amides is 1. The van der Waals surface area contributed by atoms with Crippen LogP contribution in [0, 0.1) is 10.1 Å². The Morgan fingerprint density at radius 3 is 2.31 bits per heavy atom. The van der Waals surface area contributed by atoms with E-state index in [0.29, 0.717) is 29.4 Å². The highest BCUT2D eigenvalue weighted by molar-refractivity contribution is 6.30. The van der Waals surface area contributed by atoms with Gasteiger partial charge in [-0.15, -0.1) is 0 Å². The molecule has 1 amide bonds. The standard InChI is InChI=1S/C24H23ClN4O3/c25-20-10-11-22(23(16-20)29(31)32)28-14-12-27(13-15-28)17-18-6-8-19(9-7-18)24(30)26-21-4-2-1-3-5-21/h1-11,16H,12-15,17H2,(H,26,30). The minimum absolute atomic E-state index is 0.0373. The second kappa shape index (κ2) is 9.80. The van der Waals surface area contributed by atoms with Gasteiger partial charge in [0, 0.05) is 55.1 Å². The number of para-hydroxylation sites is 1. The first-order chi connectivity index (χ1) is 15.5. The zero-order valence-electron chi connectivity index (χ0n) is 17.4. The third-order valence-corrected chi connectivity index (χ3v) is 5.74. The zero-order chi connectivity index (χ0) is 22.5. The van der Waals surface area contributed by atoms with E-state index >= 15 is 0 Å². The molecule has 4 rings (SSSR count). The number of nitro benzene ring substituents is 1. The van der Waals surface area contributed by atoms with Crippen molar-refractivity contribution in [3.05, 3.63) is 99.1 Å². The van der Waals surface area contributed by atoms with E-state index in [-0.39, 0.29) is 16.5 Å². The fourth-order valence-electron chi connectivity index (χ4n) is 3.80. The van der Waals surface area contributed by atoms with Crippen LogP contribution in [0.2, 0.25) is 5.02 Å². The lowest BCUT2D eigenvalue weighted by atomic mass is 10.1. The molecule has 3 aromatic carbocycles. The first-order valence-electron chi connectivity index (χ1n) is 10.4. The van der Waals surface area contributed by atoms with Crippen molar-refractivity contribution in [1.29, 1.82) is 0 Å². The summed E-state index contributed by atoms with van der Waals surface area (Å²) in [6.07, 6.45) is 0. The van der Waals surface area contributed by atoms with Gasteiger partial charge in [-0.05, 0) is 42.0 Å². The molecule has 0 radical (unpaired) electrons. The van der Waals surface area contributed by atoms with E-state index < -0.39 is 0 Å². The second-order valence-corrected chi connectivity index (χ2v) is 8.11. The monoisotopic (exact) mass is 450 g/mol. The SMILES string of the molecule is O=C(Nc1ccccc1)c1ccc(CN2CCN(c3ccc(Cl)cc3[N+](=O)[O-])CC2)cc1. The van der Waals surface area contributed by atoms with Crippen molar-refractivity contribution in [1.82, 2.24) is 4.90 Å². The number of piperazine rings is 1. The Bertz CT molecular complexity index is 1100. The van der Waals surface area contributed by atoms with E-state index in [1.165, 1.54) is 6.07 Å². The lowest BCUT2D eigenvalue weighted by Gasteiger charge is -2.35. The van der Waals surface area contributed by atoms with E-state index in [4.69, 9.17) is 11.6 Å². The molecular weight excluding hydrogens is 428 g/mol. The van der Waals surface area contributed by atoms with Gasteiger partial charge in [-0.25, -0.2) is 0 Å². The number of hydrogen-bond donors (Lipinski definition) is 1. The van der Waals surface area contributed by atoms with Crippen LogP contribution in [0.1, 0.15) is 15.9 Å². The number of halogens is 1. The van der Waals surface area contributed by atoms with E-state index in [9.17, 15) is 14.9 Å². The van der Waals surface area contributed by atoms with Crippen LogP contribution in [-0.2, 0) is 6.54 Å². The summed E-state index contributed by atoms with van der Waals surface area (Å²) in [6.45, 7) is 3.73. The maximum absolute atomic E-state index is 12.4. The summed E-state index contributed by atoms with van der Waals surface area (Å²) in [5, 5.41) is 14.6. The lowest BCUT2D eigenvalue weighted by Crippen LogP contribution is -2.46. The molecule has 7 nitrogen and oxygen atoms in total. The Hall–Kier alpha value is -3.42. The van der Waals surface area contributed by atoms with E-state index in [0.717, 1.165) is 30.9 Å². The van der Waals surface area contributed by atoms with Crippen molar-refractivity contribution in [2.75, 3.05) is 36.4 Å². The third kappa shape index (κ3) is 5.25. The van der Waals surface area contributed by atoms with Gasteiger partial charge in [0.1, 0.15) is 5.69 Å². The molecule has 8 heteroatoms. The predicted octanol–water partition coefficient (Wildman–Crippen LogP) is 4.82. The molecule has 0 bridgehead atoms. The van der Waals surface area contributed by atoms with E-state index in [1.807, 2.05) is 59.5 Å². The highest BCUT2D eigenvalue weighted by Gasteiger charge is 2.24. The first-order valence-corrected chi connectivity index (χ1v) is 10.7. The average Bonchev–Trinajstić information content (AvgIpc) is 2.81. The minimum atomic E-state index is -0.386. The smallest absolute Gasteiger partial charge is 0.294 e. The number of nitrogens with zero attached hydrogens (tertiary/aromatic N) is 3. The molecule has 1 aliphatic rings. The Morgan fingerprint density at radius 2 is 1.66 bits per heavy atom. The van der Waals surface area contributed by atoms with Crippen LogP contribution in [0.4, 0.5) is 17.1 Å². The molecule has 0 spiro atoms. The van der Waals surface area contributed by atoms with Crippen molar-refractivity contribution in [2.45, 2.75) is 6.54 Å². The molecule has 1 saturated heterocycles. The number of carbonyl (C=O) groups is 1. The molecule has 0 saturated carbocycles. The van der Waals surface area contributed by atoms with E-state index in [1.54, 1.807) is 12.1 Å². The minimum Gasteiger partial charge on any atom is -0.363 e. The van der Waals surface area contributed by atoms with Gasteiger partial charge in [0.05, 0.1) is 4.92 Å². The lowest BCUT2D eigenvalue weighted by molar-refractivity contribution is -0.384. The Morgan fingerprint density at radius 1 is 0.969 bits per heavy atom. The van der Waals surface area contributed by atoms with Crippen LogP contribution < -0.4 is 10.2 Å². The summed E-state index contributed by atoms with van der Waals surface area (Å²) in [7, 11) is 0. The van der Waals surface area contributed by atoms with Crippen molar-refractivity contribution >= 4 is 34.6 Å². The van der Waals surface area contributed by atoms with Gasteiger partial charge in [-0.1, -0.05) is 41.9 Å². The number of anilines is 2. The zero-order valence-corrected chi connectivity index (χ0v) is 18.2. The molecule has 0 aromatic heterocycles. The van der Waals surface area contributed by atoms with Gasteiger partial charge >= 0.3 is 0 Å². The van der Waals surface area contributed by atoms with Crippen molar-refractivity contribution in [2.24, 2.45) is 0 Å². The van der Waals surface area contributed by atoms with Crippen LogP contribution in [0.3, 0.4) is 0 Å². The normalized spacial score (nSPS) is 14.2. The number of hydrogen-bond acceptors (Lipinski definition) is 5. The van der Waals surface area contributed by atoms with Gasteiger partial charge in [-0.3, -0.25) is 19.8 Å². The maximum Gasteiger partial charge on any atom is 0.294 e. The summed E-state index contributed by atoms with van der Waals surface area (Å²) in [5.41, 5.74) is 3.13. The molecule has 32 heavy (non-hydrogen) atoms. The van der Waals surface area contributed by atoms with Gasteiger partial charge < -0.3 is 10.2 Å². The van der Waals surface area contributed by atoms with Crippen LogP contribution in [-0.4, -0.2) is 41.9 Å². The van der Waals surface area contributed by atoms with Crippen LogP contribution >= 0.6 is 11.6 Å². The maximum atomic E-state index is 12.4.